The molecular weight excluding hydrogens is 847 g/mol. The Labute approximate surface area is 408 Å². The van der Waals surface area contributed by atoms with E-state index in [0.29, 0.717) is 19.4 Å². The van der Waals surface area contributed by atoms with Crippen LogP contribution in [0.25, 0.3) is 0 Å². The van der Waals surface area contributed by atoms with Crippen molar-refractivity contribution in [1.82, 2.24) is 5.32 Å². The molecule has 67 heavy (non-hydrogen) atoms. The highest BCUT2D eigenvalue weighted by molar-refractivity contribution is 5.76. The summed E-state index contributed by atoms with van der Waals surface area (Å²) in [6.07, 6.45) is 46.5. The number of carbonyl (C=O) groups excluding carboxylic acids is 2. The molecule has 0 spiro atoms. The fourth-order valence-corrected chi connectivity index (χ4v) is 8.24. The molecule has 11 heteroatoms. The van der Waals surface area contributed by atoms with Crippen molar-refractivity contribution >= 4 is 11.9 Å². The second-order valence-electron chi connectivity index (χ2n) is 18.9. The third-order valence-electron chi connectivity index (χ3n) is 12.7. The average molecular weight is 948 g/mol. The Morgan fingerprint density at radius 1 is 0.552 bits per heavy atom. The van der Waals surface area contributed by atoms with Crippen LogP contribution in [0, 0.1) is 0 Å². The Hall–Kier alpha value is -2.38. The number of carbonyl (C=O) groups is 2. The van der Waals surface area contributed by atoms with Gasteiger partial charge in [-0.1, -0.05) is 191 Å². The number of unbranched alkanes of at least 4 members (excludes halogenated alkanes) is 26. The normalized spacial score (nSPS) is 19.9. The van der Waals surface area contributed by atoms with Crippen LogP contribution in [-0.4, -0.2) is 100 Å². The molecule has 0 radical (unpaired) electrons. The number of aliphatic hydroxyl groups is 5. The first-order valence-electron chi connectivity index (χ1n) is 27.4. The van der Waals surface area contributed by atoms with Gasteiger partial charge in [-0.3, -0.25) is 9.59 Å². The molecule has 0 aromatic rings. The van der Waals surface area contributed by atoms with Crippen LogP contribution in [0.3, 0.4) is 0 Å². The molecule has 1 saturated heterocycles. The van der Waals surface area contributed by atoms with Gasteiger partial charge >= 0.3 is 5.97 Å². The molecule has 0 aromatic carbocycles. The van der Waals surface area contributed by atoms with E-state index in [9.17, 15) is 35.1 Å². The van der Waals surface area contributed by atoms with Gasteiger partial charge in [-0.05, 0) is 77.0 Å². The van der Waals surface area contributed by atoms with Gasteiger partial charge in [0.1, 0.15) is 24.4 Å². The Morgan fingerprint density at radius 2 is 1.01 bits per heavy atom. The molecule has 1 fully saturated rings. The lowest BCUT2D eigenvalue weighted by Crippen LogP contribution is -2.60. The molecular formula is C56H101NO10. The standard InChI is InChI=1S/C56H101NO10/c1-3-5-7-9-11-13-14-15-16-17-18-21-24-28-32-36-40-44-52(61)65-45-41-37-33-29-25-22-19-20-23-27-31-35-39-43-51(60)57-48(49(59)42-38-34-30-26-12-10-8-6-4-2)47-66-56-55(64)54(63)53(62)50(46-58)67-56/h15-16,20,23,31,35,38,42,48-50,53-56,58-59,62-64H,3-14,17-19,21-22,24-30,32-34,36-37,39-41,43-47H2,1-2H3,(H,57,60)/b16-15-,23-20-,35-31-,42-38+. The van der Waals surface area contributed by atoms with Crippen LogP contribution in [0.2, 0.25) is 0 Å². The molecule has 390 valence electrons. The van der Waals surface area contributed by atoms with Crippen LogP contribution in [0.1, 0.15) is 232 Å². The number of rotatable bonds is 46. The van der Waals surface area contributed by atoms with E-state index in [-0.39, 0.29) is 24.9 Å². The maximum absolute atomic E-state index is 12.9. The van der Waals surface area contributed by atoms with E-state index < -0.39 is 49.5 Å². The van der Waals surface area contributed by atoms with E-state index in [4.69, 9.17) is 14.2 Å². The smallest absolute Gasteiger partial charge is 0.305 e. The van der Waals surface area contributed by atoms with Gasteiger partial charge in [-0.25, -0.2) is 0 Å². The number of hydrogen-bond acceptors (Lipinski definition) is 10. The number of hydrogen-bond donors (Lipinski definition) is 6. The van der Waals surface area contributed by atoms with Crippen molar-refractivity contribution in [3.05, 3.63) is 48.6 Å². The summed E-state index contributed by atoms with van der Waals surface area (Å²) in [7, 11) is 0. The fourth-order valence-electron chi connectivity index (χ4n) is 8.24. The van der Waals surface area contributed by atoms with Gasteiger partial charge < -0.3 is 45.1 Å². The predicted molar refractivity (Wildman–Crippen MR) is 274 cm³/mol. The van der Waals surface area contributed by atoms with Crippen LogP contribution in [0.4, 0.5) is 0 Å². The lowest BCUT2D eigenvalue weighted by Gasteiger charge is -2.40. The van der Waals surface area contributed by atoms with Crippen LogP contribution < -0.4 is 5.32 Å². The minimum Gasteiger partial charge on any atom is -0.466 e. The predicted octanol–water partition coefficient (Wildman–Crippen LogP) is 11.7. The molecule has 0 bridgehead atoms. The third kappa shape index (κ3) is 36.3. The van der Waals surface area contributed by atoms with Gasteiger partial charge in [0.15, 0.2) is 6.29 Å². The number of aliphatic hydroxyl groups excluding tert-OH is 5. The molecule has 6 N–H and O–H groups in total. The maximum atomic E-state index is 12.9. The quantitative estimate of drug-likeness (QED) is 0.0196. The molecule has 11 nitrogen and oxygen atoms in total. The van der Waals surface area contributed by atoms with E-state index in [2.05, 4.69) is 43.5 Å². The van der Waals surface area contributed by atoms with Crippen LogP contribution >= 0.6 is 0 Å². The first-order chi connectivity index (χ1) is 32.7. The molecule has 1 aliphatic rings. The highest BCUT2D eigenvalue weighted by Gasteiger charge is 2.44. The second-order valence-corrected chi connectivity index (χ2v) is 18.9. The molecule has 0 saturated carbocycles. The van der Waals surface area contributed by atoms with Gasteiger partial charge in [0.05, 0.1) is 32.0 Å². The number of ether oxygens (including phenoxy) is 3. The van der Waals surface area contributed by atoms with Crippen molar-refractivity contribution in [1.29, 1.82) is 0 Å². The van der Waals surface area contributed by atoms with Crippen molar-refractivity contribution in [2.24, 2.45) is 0 Å². The van der Waals surface area contributed by atoms with Crippen molar-refractivity contribution in [3.8, 4) is 0 Å². The molecule has 0 aliphatic carbocycles. The van der Waals surface area contributed by atoms with E-state index in [1.807, 2.05) is 18.2 Å². The summed E-state index contributed by atoms with van der Waals surface area (Å²) in [4.78, 5) is 25.0. The van der Waals surface area contributed by atoms with Crippen LogP contribution in [-0.2, 0) is 23.8 Å². The van der Waals surface area contributed by atoms with Crippen molar-refractivity contribution in [2.45, 2.75) is 275 Å². The van der Waals surface area contributed by atoms with E-state index >= 15 is 0 Å². The largest absolute Gasteiger partial charge is 0.466 e. The minimum absolute atomic E-state index is 0.0437. The first-order valence-corrected chi connectivity index (χ1v) is 27.4. The lowest BCUT2D eigenvalue weighted by molar-refractivity contribution is -0.302. The zero-order valence-electron chi connectivity index (χ0n) is 42.6. The zero-order chi connectivity index (χ0) is 48.8. The van der Waals surface area contributed by atoms with E-state index in [0.717, 1.165) is 70.6 Å². The van der Waals surface area contributed by atoms with Crippen LogP contribution in [0.15, 0.2) is 48.6 Å². The molecule has 1 heterocycles. The molecule has 0 aromatic heterocycles. The molecule has 1 amide bonds. The number of esters is 1. The first kappa shape index (κ1) is 62.6. The van der Waals surface area contributed by atoms with Crippen LogP contribution in [0.5, 0.6) is 0 Å². The summed E-state index contributed by atoms with van der Waals surface area (Å²) in [5.74, 6) is -0.310. The summed E-state index contributed by atoms with van der Waals surface area (Å²) in [5, 5.41) is 54.0. The SMILES string of the molecule is CCCCCCCC/C=C\CCCCCCCCCC(=O)OCCCCCCCC/C=C\C/C=C\CCC(=O)NC(COC1OC(CO)C(O)C(O)C1O)C(O)/C=C/CCCCCCCCC. The summed E-state index contributed by atoms with van der Waals surface area (Å²) in [6.45, 7) is 4.20. The molecule has 7 unspecified atom stereocenters. The maximum Gasteiger partial charge on any atom is 0.305 e. The minimum atomic E-state index is -1.59. The van der Waals surface area contributed by atoms with Gasteiger partial charge in [0.2, 0.25) is 5.91 Å². The summed E-state index contributed by atoms with van der Waals surface area (Å²) in [5.41, 5.74) is 0. The molecule has 1 aliphatic heterocycles. The summed E-state index contributed by atoms with van der Waals surface area (Å²) < 4.78 is 16.6. The summed E-state index contributed by atoms with van der Waals surface area (Å²) >= 11 is 0. The van der Waals surface area contributed by atoms with Gasteiger partial charge in [-0.15, -0.1) is 0 Å². The van der Waals surface area contributed by atoms with E-state index in [1.165, 1.54) is 128 Å². The second kappa shape index (κ2) is 46.0. The third-order valence-corrected chi connectivity index (χ3v) is 12.7. The zero-order valence-corrected chi connectivity index (χ0v) is 42.6. The van der Waals surface area contributed by atoms with Crippen molar-refractivity contribution < 1.29 is 49.3 Å². The van der Waals surface area contributed by atoms with Crippen molar-refractivity contribution in [2.75, 3.05) is 19.8 Å². The molecule has 7 atom stereocenters. The number of amides is 1. The number of nitrogens with one attached hydrogen (secondary N) is 1. The monoisotopic (exact) mass is 948 g/mol. The fraction of sp³-hybridized carbons (Fsp3) is 0.821. The number of allylic oxidation sites excluding steroid dienone is 7. The Kier molecular flexibility index (Phi) is 43.0. The average Bonchev–Trinajstić information content (AvgIpc) is 3.32. The van der Waals surface area contributed by atoms with Crippen molar-refractivity contribution in [3.63, 3.8) is 0 Å². The highest BCUT2D eigenvalue weighted by Crippen LogP contribution is 2.23. The van der Waals surface area contributed by atoms with Gasteiger partial charge in [-0.2, -0.15) is 0 Å². The highest BCUT2D eigenvalue weighted by atomic mass is 16.7. The molecule has 1 rings (SSSR count). The Morgan fingerprint density at radius 3 is 1.55 bits per heavy atom. The lowest BCUT2D eigenvalue weighted by atomic mass is 9.99. The van der Waals surface area contributed by atoms with Gasteiger partial charge in [0, 0.05) is 12.8 Å². The summed E-state index contributed by atoms with van der Waals surface area (Å²) in [6, 6.07) is -0.853. The Balaban J connectivity index is 2.13. The topological polar surface area (TPSA) is 175 Å². The Bertz CT molecular complexity index is 1250. The van der Waals surface area contributed by atoms with Gasteiger partial charge in [0.25, 0.3) is 0 Å². The van der Waals surface area contributed by atoms with E-state index in [1.54, 1.807) is 6.08 Å².